The fourth-order valence-corrected chi connectivity index (χ4v) is 2.51. The summed E-state index contributed by atoms with van der Waals surface area (Å²) in [5.41, 5.74) is 7.04. The average molecular weight is 252 g/mol. The Hall–Kier alpha value is -0.970. The monoisotopic (exact) mass is 252 g/mol. The van der Waals surface area contributed by atoms with E-state index in [2.05, 4.69) is 11.8 Å². The molecule has 1 aromatic carbocycles. The van der Waals surface area contributed by atoms with E-state index in [9.17, 15) is 4.39 Å². The van der Waals surface area contributed by atoms with E-state index in [4.69, 9.17) is 10.5 Å². The van der Waals surface area contributed by atoms with Crippen molar-refractivity contribution in [3.8, 4) is 0 Å². The zero-order valence-corrected chi connectivity index (χ0v) is 11.0. The highest BCUT2D eigenvalue weighted by atomic mass is 19.1. The highest BCUT2D eigenvalue weighted by molar-refractivity contribution is 5.16. The van der Waals surface area contributed by atoms with Gasteiger partial charge in [-0.25, -0.2) is 4.39 Å². The summed E-state index contributed by atoms with van der Waals surface area (Å²) in [7, 11) is 2.03. The third-order valence-corrected chi connectivity index (χ3v) is 3.60. The van der Waals surface area contributed by atoms with Crippen LogP contribution in [0.5, 0.6) is 0 Å². The van der Waals surface area contributed by atoms with Crippen LogP contribution in [0.3, 0.4) is 0 Å². The highest BCUT2D eigenvalue weighted by Crippen LogP contribution is 2.28. The average Bonchev–Trinajstić information content (AvgIpc) is 2.58. The number of ether oxygens (including phenoxy) is 1. The quantitative estimate of drug-likeness (QED) is 0.885. The smallest absolute Gasteiger partial charge is 0.123 e. The van der Waals surface area contributed by atoms with Crippen molar-refractivity contribution in [1.29, 1.82) is 0 Å². The molecule has 2 rings (SSSR count). The van der Waals surface area contributed by atoms with Crippen molar-refractivity contribution in [2.75, 3.05) is 26.8 Å². The Morgan fingerprint density at radius 1 is 1.56 bits per heavy atom. The van der Waals surface area contributed by atoms with Gasteiger partial charge in [-0.05, 0) is 24.7 Å². The van der Waals surface area contributed by atoms with Gasteiger partial charge in [-0.1, -0.05) is 19.1 Å². The molecule has 0 spiro atoms. The molecule has 18 heavy (non-hydrogen) atoms. The molecule has 1 aliphatic heterocycles. The largest absolute Gasteiger partial charge is 0.379 e. The molecule has 0 amide bonds. The Morgan fingerprint density at radius 3 is 2.94 bits per heavy atom. The van der Waals surface area contributed by atoms with Crippen LogP contribution in [-0.2, 0) is 11.3 Å². The van der Waals surface area contributed by atoms with Gasteiger partial charge in [0.1, 0.15) is 5.82 Å². The van der Waals surface area contributed by atoms with E-state index >= 15 is 0 Å². The highest BCUT2D eigenvalue weighted by Gasteiger charge is 2.38. The molecule has 4 heteroatoms. The van der Waals surface area contributed by atoms with Crippen LogP contribution < -0.4 is 5.73 Å². The van der Waals surface area contributed by atoms with Crippen molar-refractivity contribution in [1.82, 2.24) is 4.90 Å². The van der Waals surface area contributed by atoms with Crippen LogP contribution in [0.1, 0.15) is 12.5 Å². The van der Waals surface area contributed by atoms with Crippen molar-refractivity contribution in [2.24, 2.45) is 11.1 Å². The number of rotatable bonds is 4. The van der Waals surface area contributed by atoms with Crippen LogP contribution in [0.2, 0.25) is 0 Å². The molecule has 100 valence electrons. The Morgan fingerprint density at radius 2 is 2.33 bits per heavy atom. The molecule has 1 fully saturated rings. The van der Waals surface area contributed by atoms with Crippen molar-refractivity contribution >= 4 is 0 Å². The van der Waals surface area contributed by atoms with E-state index in [0.717, 1.165) is 18.7 Å². The zero-order chi connectivity index (χ0) is 13.2. The van der Waals surface area contributed by atoms with Crippen molar-refractivity contribution in [3.05, 3.63) is 35.6 Å². The predicted octanol–water partition coefficient (Wildman–Crippen LogP) is 1.62. The lowest BCUT2D eigenvalue weighted by Crippen LogP contribution is -2.45. The van der Waals surface area contributed by atoms with Crippen LogP contribution in [-0.4, -0.2) is 37.7 Å². The van der Waals surface area contributed by atoms with E-state index in [1.54, 1.807) is 12.1 Å². The van der Waals surface area contributed by atoms with E-state index in [-0.39, 0.29) is 17.3 Å². The minimum atomic E-state index is -0.187. The van der Waals surface area contributed by atoms with E-state index in [0.29, 0.717) is 13.2 Å². The Bertz CT molecular complexity index is 413. The zero-order valence-electron chi connectivity index (χ0n) is 11.0. The number of halogens is 1. The third kappa shape index (κ3) is 3.07. The van der Waals surface area contributed by atoms with Gasteiger partial charge in [0.2, 0.25) is 0 Å². The standard InChI is InChI=1S/C14H21FN2O/c1-14(10-18-8-13(14)16)9-17(2)7-11-4-3-5-12(15)6-11/h3-6,13H,7-10,16H2,1-2H3. The van der Waals surface area contributed by atoms with Crippen molar-refractivity contribution < 1.29 is 9.13 Å². The molecule has 0 aromatic heterocycles. The first-order valence-corrected chi connectivity index (χ1v) is 6.26. The molecule has 1 heterocycles. The van der Waals surface area contributed by atoms with Gasteiger partial charge in [0.05, 0.1) is 13.2 Å². The molecule has 3 nitrogen and oxygen atoms in total. The van der Waals surface area contributed by atoms with E-state index in [1.165, 1.54) is 6.07 Å². The Kier molecular flexibility index (Phi) is 4.00. The molecule has 2 N–H and O–H groups in total. The second-order valence-electron chi connectivity index (χ2n) is 5.58. The lowest BCUT2D eigenvalue weighted by atomic mass is 9.85. The Labute approximate surface area is 108 Å². The molecular formula is C14H21FN2O. The van der Waals surface area contributed by atoms with E-state index in [1.807, 2.05) is 13.1 Å². The maximum atomic E-state index is 13.1. The summed E-state index contributed by atoms with van der Waals surface area (Å²) in [5.74, 6) is -0.187. The summed E-state index contributed by atoms with van der Waals surface area (Å²) in [6.07, 6.45) is 0. The summed E-state index contributed by atoms with van der Waals surface area (Å²) >= 11 is 0. The second kappa shape index (κ2) is 5.34. The Balaban J connectivity index is 1.94. The summed E-state index contributed by atoms with van der Waals surface area (Å²) in [5, 5.41) is 0. The van der Waals surface area contributed by atoms with Gasteiger partial charge < -0.3 is 15.4 Å². The van der Waals surface area contributed by atoms with Crippen LogP contribution >= 0.6 is 0 Å². The van der Waals surface area contributed by atoms with Crippen molar-refractivity contribution in [2.45, 2.75) is 19.5 Å². The summed E-state index contributed by atoms with van der Waals surface area (Å²) < 4.78 is 18.5. The minimum absolute atomic E-state index is 0.0118. The van der Waals surface area contributed by atoms with Gasteiger partial charge in [-0.2, -0.15) is 0 Å². The van der Waals surface area contributed by atoms with Crippen LogP contribution in [0.25, 0.3) is 0 Å². The molecule has 0 bridgehead atoms. The molecule has 1 aromatic rings. The molecule has 2 atom stereocenters. The molecule has 0 radical (unpaired) electrons. The van der Waals surface area contributed by atoms with Crippen molar-refractivity contribution in [3.63, 3.8) is 0 Å². The van der Waals surface area contributed by atoms with Gasteiger partial charge in [0, 0.05) is 24.5 Å². The normalized spacial score (nSPS) is 27.9. The lowest BCUT2D eigenvalue weighted by Gasteiger charge is -2.32. The topological polar surface area (TPSA) is 38.5 Å². The number of nitrogens with zero attached hydrogens (tertiary/aromatic N) is 1. The van der Waals surface area contributed by atoms with Crippen LogP contribution in [0.15, 0.2) is 24.3 Å². The predicted molar refractivity (Wildman–Crippen MR) is 69.6 cm³/mol. The fraction of sp³-hybridized carbons (Fsp3) is 0.571. The molecule has 0 aliphatic carbocycles. The SMILES string of the molecule is CN(Cc1cccc(F)c1)CC1(C)COCC1N. The first kappa shape index (κ1) is 13.5. The maximum Gasteiger partial charge on any atom is 0.123 e. The first-order valence-electron chi connectivity index (χ1n) is 6.26. The van der Waals surface area contributed by atoms with E-state index < -0.39 is 0 Å². The molecular weight excluding hydrogens is 231 g/mol. The molecule has 0 saturated carbocycles. The minimum Gasteiger partial charge on any atom is -0.379 e. The number of hydrogen-bond acceptors (Lipinski definition) is 3. The van der Waals surface area contributed by atoms with Crippen LogP contribution in [0.4, 0.5) is 4.39 Å². The van der Waals surface area contributed by atoms with Gasteiger partial charge in [-0.3, -0.25) is 0 Å². The third-order valence-electron chi connectivity index (χ3n) is 3.60. The van der Waals surface area contributed by atoms with Gasteiger partial charge in [0.25, 0.3) is 0 Å². The molecule has 1 aliphatic rings. The summed E-state index contributed by atoms with van der Waals surface area (Å²) in [6, 6.07) is 6.79. The number of hydrogen-bond donors (Lipinski definition) is 1. The van der Waals surface area contributed by atoms with Gasteiger partial charge >= 0.3 is 0 Å². The summed E-state index contributed by atoms with van der Waals surface area (Å²) in [4.78, 5) is 2.17. The number of nitrogens with two attached hydrogens (primary N) is 1. The molecule has 2 unspecified atom stereocenters. The van der Waals surface area contributed by atoms with Gasteiger partial charge in [0.15, 0.2) is 0 Å². The maximum absolute atomic E-state index is 13.1. The lowest BCUT2D eigenvalue weighted by molar-refractivity contribution is 0.128. The fourth-order valence-electron chi connectivity index (χ4n) is 2.51. The molecule has 1 saturated heterocycles. The van der Waals surface area contributed by atoms with Crippen LogP contribution in [0, 0.1) is 11.2 Å². The first-order chi connectivity index (χ1) is 8.49. The summed E-state index contributed by atoms with van der Waals surface area (Å²) in [6.45, 7) is 5.05. The second-order valence-corrected chi connectivity index (χ2v) is 5.58. The van der Waals surface area contributed by atoms with Gasteiger partial charge in [-0.15, -0.1) is 0 Å². The number of benzene rings is 1.